The van der Waals surface area contributed by atoms with Crippen molar-refractivity contribution in [3.63, 3.8) is 0 Å². The van der Waals surface area contributed by atoms with Crippen molar-refractivity contribution in [3.8, 4) is 0 Å². The van der Waals surface area contributed by atoms with E-state index in [4.69, 9.17) is 5.73 Å². The molecule has 1 aliphatic heterocycles. The lowest BCUT2D eigenvalue weighted by atomic mass is 9.97. The van der Waals surface area contributed by atoms with Crippen molar-refractivity contribution < 1.29 is 4.39 Å². The Kier molecular flexibility index (Phi) is 4.00. The average molecular weight is 236 g/mol. The molecule has 1 heterocycles. The number of rotatable bonds is 3. The minimum absolute atomic E-state index is 0.164. The highest BCUT2D eigenvalue weighted by Gasteiger charge is 2.18. The molecule has 1 aromatic carbocycles. The Morgan fingerprint density at radius 2 is 2.06 bits per heavy atom. The zero-order valence-electron chi connectivity index (χ0n) is 10.5. The largest absolute Gasteiger partial charge is 0.371 e. The summed E-state index contributed by atoms with van der Waals surface area (Å²) in [6, 6.07) is 5.07. The molecule has 1 aliphatic rings. The average Bonchev–Trinajstić information content (AvgIpc) is 2.31. The van der Waals surface area contributed by atoms with Crippen LogP contribution in [0.4, 0.5) is 10.1 Å². The van der Waals surface area contributed by atoms with Crippen molar-refractivity contribution in [1.82, 2.24) is 0 Å². The zero-order valence-corrected chi connectivity index (χ0v) is 10.5. The van der Waals surface area contributed by atoms with Crippen LogP contribution in [-0.2, 0) is 6.42 Å². The third-order valence-corrected chi connectivity index (χ3v) is 3.58. The Bertz CT molecular complexity index is 370. The highest BCUT2D eigenvalue weighted by atomic mass is 19.1. The summed E-state index contributed by atoms with van der Waals surface area (Å²) in [6.45, 7) is 5.01. The first-order chi connectivity index (χ1) is 8.20. The van der Waals surface area contributed by atoms with Crippen molar-refractivity contribution in [2.45, 2.75) is 26.2 Å². The van der Waals surface area contributed by atoms with Gasteiger partial charge in [0, 0.05) is 18.8 Å². The van der Waals surface area contributed by atoms with E-state index in [1.54, 1.807) is 12.1 Å². The van der Waals surface area contributed by atoms with E-state index < -0.39 is 0 Å². The predicted octanol–water partition coefficient (Wildman–Crippen LogP) is 2.56. The van der Waals surface area contributed by atoms with E-state index in [1.165, 1.54) is 18.5 Å². The number of nitrogens with zero attached hydrogens (tertiary/aromatic N) is 1. The molecule has 1 aromatic rings. The first kappa shape index (κ1) is 12.4. The summed E-state index contributed by atoms with van der Waals surface area (Å²) >= 11 is 0. The smallest absolute Gasteiger partial charge is 0.123 e. The monoisotopic (exact) mass is 236 g/mol. The number of anilines is 1. The summed E-state index contributed by atoms with van der Waals surface area (Å²) in [5.41, 5.74) is 7.80. The summed E-state index contributed by atoms with van der Waals surface area (Å²) < 4.78 is 13.2. The van der Waals surface area contributed by atoms with Crippen molar-refractivity contribution in [2.24, 2.45) is 11.7 Å². The van der Waals surface area contributed by atoms with Gasteiger partial charge in [-0.3, -0.25) is 0 Å². The molecule has 2 nitrogen and oxygen atoms in total. The maximum absolute atomic E-state index is 13.2. The van der Waals surface area contributed by atoms with Crippen LogP contribution < -0.4 is 10.6 Å². The number of benzene rings is 1. The lowest BCUT2D eigenvalue weighted by Crippen LogP contribution is -2.33. The molecular formula is C14H21FN2. The van der Waals surface area contributed by atoms with Crippen LogP contribution in [0.2, 0.25) is 0 Å². The minimum Gasteiger partial charge on any atom is -0.371 e. The molecule has 0 atom stereocenters. The van der Waals surface area contributed by atoms with Gasteiger partial charge < -0.3 is 10.6 Å². The molecule has 0 spiro atoms. The summed E-state index contributed by atoms with van der Waals surface area (Å²) in [5.74, 6) is 0.646. The van der Waals surface area contributed by atoms with Crippen molar-refractivity contribution >= 4 is 5.69 Å². The van der Waals surface area contributed by atoms with Crippen molar-refractivity contribution in [2.75, 3.05) is 24.5 Å². The van der Waals surface area contributed by atoms with Gasteiger partial charge in [-0.25, -0.2) is 4.39 Å². The lowest BCUT2D eigenvalue weighted by molar-refractivity contribution is 0.438. The molecule has 0 aliphatic carbocycles. The van der Waals surface area contributed by atoms with Crippen LogP contribution in [0.25, 0.3) is 0 Å². The highest BCUT2D eigenvalue weighted by Crippen LogP contribution is 2.27. The van der Waals surface area contributed by atoms with Gasteiger partial charge in [0.05, 0.1) is 0 Å². The second-order valence-electron chi connectivity index (χ2n) is 4.98. The molecule has 0 bridgehead atoms. The number of halogens is 1. The van der Waals surface area contributed by atoms with Crippen LogP contribution in [0.5, 0.6) is 0 Å². The number of piperidine rings is 1. The molecule has 2 rings (SSSR count). The molecule has 1 fully saturated rings. The van der Waals surface area contributed by atoms with Crippen LogP contribution in [-0.4, -0.2) is 19.6 Å². The van der Waals surface area contributed by atoms with Gasteiger partial charge >= 0.3 is 0 Å². The predicted molar refractivity (Wildman–Crippen MR) is 69.8 cm³/mol. The van der Waals surface area contributed by atoms with Crippen molar-refractivity contribution in [1.29, 1.82) is 0 Å². The molecular weight excluding hydrogens is 215 g/mol. The minimum atomic E-state index is -0.164. The van der Waals surface area contributed by atoms with Gasteiger partial charge in [-0.15, -0.1) is 0 Å². The summed E-state index contributed by atoms with van der Waals surface area (Å²) in [4.78, 5) is 2.37. The fourth-order valence-electron chi connectivity index (χ4n) is 2.47. The molecule has 0 amide bonds. The molecule has 0 radical (unpaired) electrons. The number of hydrogen-bond donors (Lipinski definition) is 1. The third-order valence-electron chi connectivity index (χ3n) is 3.58. The van der Waals surface area contributed by atoms with Crippen LogP contribution in [0.15, 0.2) is 18.2 Å². The molecule has 0 unspecified atom stereocenters. The standard InChI is InChI=1S/C14H21FN2/c1-11-5-8-17(9-6-11)14-3-2-13(15)10-12(14)4-7-16/h2-3,10-11H,4-9,16H2,1H3. The normalized spacial score (nSPS) is 17.5. The Morgan fingerprint density at radius 3 is 2.71 bits per heavy atom. The summed E-state index contributed by atoms with van der Waals surface area (Å²) in [7, 11) is 0. The zero-order chi connectivity index (χ0) is 12.3. The molecule has 1 saturated heterocycles. The molecule has 94 valence electrons. The molecule has 2 N–H and O–H groups in total. The summed E-state index contributed by atoms with van der Waals surface area (Å²) in [6.07, 6.45) is 3.19. The Morgan fingerprint density at radius 1 is 1.35 bits per heavy atom. The Hall–Kier alpha value is -1.09. The van der Waals surface area contributed by atoms with Gasteiger partial charge in [0.25, 0.3) is 0 Å². The van der Waals surface area contributed by atoms with E-state index in [2.05, 4.69) is 11.8 Å². The fraction of sp³-hybridized carbons (Fsp3) is 0.571. The van der Waals surface area contributed by atoms with E-state index in [0.29, 0.717) is 6.54 Å². The SMILES string of the molecule is CC1CCN(c2ccc(F)cc2CCN)CC1. The molecule has 0 aromatic heterocycles. The highest BCUT2D eigenvalue weighted by molar-refractivity contribution is 5.54. The fourth-order valence-corrected chi connectivity index (χ4v) is 2.47. The molecule has 3 heteroatoms. The first-order valence-electron chi connectivity index (χ1n) is 6.44. The van der Waals surface area contributed by atoms with Crippen LogP contribution in [0.3, 0.4) is 0 Å². The van der Waals surface area contributed by atoms with Crippen LogP contribution in [0.1, 0.15) is 25.3 Å². The lowest BCUT2D eigenvalue weighted by Gasteiger charge is -2.33. The van der Waals surface area contributed by atoms with Crippen molar-refractivity contribution in [3.05, 3.63) is 29.6 Å². The van der Waals surface area contributed by atoms with E-state index >= 15 is 0 Å². The molecule has 0 saturated carbocycles. The van der Waals surface area contributed by atoms with E-state index in [0.717, 1.165) is 31.0 Å². The van der Waals surface area contributed by atoms with Gasteiger partial charge in [-0.05, 0) is 55.5 Å². The van der Waals surface area contributed by atoms with E-state index in [-0.39, 0.29) is 5.82 Å². The first-order valence-corrected chi connectivity index (χ1v) is 6.44. The Balaban J connectivity index is 2.18. The second kappa shape index (κ2) is 5.50. The summed E-state index contributed by atoms with van der Waals surface area (Å²) in [5, 5.41) is 0. The van der Waals surface area contributed by atoms with Crippen LogP contribution >= 0.6 is 0 Å². The maximum Gasteiger partial charge on any atom is 0.123 e. The van der Waals surface area contributed by atoms with Gasteiger partial charge in [0.2, 0.25) is 0 Å². The van der Waals surface area contributed by atoms with Gasteiger partial charge in [0.1, 0.15) is 5.82 Å². The van der Waals surface area contributed by atoms with Gasteiger partial charge in [-0.2, -0.15) is 0 Å². The second-order valence-corrected chi connectivity index (χ2v) is 4.98. The van der Waals surface area contributed by atoms with Crippen LogP contribution in [0, 0.1) is 11.7 Å². The molecule has 17 heavy (non-hydrogen) atoms. The number of hydrogen-bond acceptors (Lipinski definition) is 2. The van der Waals surface area contributed by atoms with Gasteiger partial charge in [0.15, 0.2) is 0 Å². The Labute approximate surface area is 103 Å². The third kappa shape index (κ3) is 2.97. The quantitative estimate of drug-likeness (QED) is 0.874. The van der Waals surface area contributed by atoms with E-state index in [1.807, 2.05) is 6.07 Å². The topological polar surface area (TPSA) is 29.3 Å². The van der Waals surface area contributed by atoms with Gasteiger partial charge in [-0.1, -0.05) is 6.92 Å². The van der Waals surface area contributed by atoms with E-state index in [9.17, 15) is 4.39 Å². The number of nitrogens with two attached hydrogens (primary N) is 1. The maximum atomic E-state index is 13.2.